The van der Waals surface area contributed by atoms with E-state index in [-0.39, 0.29) is 5.92 Å². The predicted octanol–water partition coefficient (Wildman–Crippen LogP) is 4.52. The minimum atomic E-state index is -1.34. The van der Waals surface area contributed by atoms with Gasteiger partial charge in [0.2, 0.25) is 0 Å². The molecule has 1 unspecified atom stereocenters. The molecule has 4 aromatic rings. The van der Waals surface area contributed by atoms with Crippen LogP contribution in [0.1, 0.15) is 22.6 Å². The Morgan fingerprint density at radius 3 is 2.28 bits per heavy atom. The molecule has 0 fully saturated rings. The van der Waals surface area contributed by atoms with E-state index >= 15 is 0 Å². The lowest BCUT2D eigenvalue weighted by atomic mass is 9.72. The van der Waals surface area contributed by atoms with Crippen molar-refractivity contribution in [3.05, 3.63) is 108 Å². The second-order valence-corrected chi connectivity index (χ2v) is 7.26. The van der Waals surface area contributed by atoms with Gasteiger partial charge in [-0.25, -0.2) is 4.79 Å². The maximum atomic E-state index is 13.1. The van der Waals surface area contributed by atoms with Crippen LogP contribution in [0.4, 0.5) is 0 Å². The summed E-state index contributed by atoms with van der Waals surface area (Å²) in [5.74, 6) is -0.772. The van der Waals surface area contributed by atoms with Gasteiger partial charge in [-0.15, -0.1) is 0 Å². The number of hydrogen-bond donors (Lipinski definition) is 2. The molecule has 4 rings (SSSR count). The summed E-state index contributed by atoms with van der Waals surface area (Å²) >= 11 is 0. The fourth-order valence-corrected chi connectivity index (χ4v) is 4.09. The first-order valence-electron chi connectivity index (χ1n) is 9.67. The van der Waals surface area contributed by atoms with Crippen molar-refractivity contribution in [3.8, 4) is 0 Å². The average molecular weight is 384 g/mol. The molecule has 0 aliphatic carbocycles. The Morgan fingerprint density at radius 1 is 0.966 bits per heavy atom. The van der Waals surface area contributed by atoms with Crippen LogP contribution in [-0.4, -0.2) is 18.1 Å². The molecule has 3 N–H and O–H groups in total. The summed E-state index contributed by atoms with van der Waals surface area (Å²) in [4.78, 5) is 16.5. The van der Waals surface area contributed by atoms with Crippen molar-refractivity contribution in [1.82, 2.24) is 4.98 Å². The third kappa shape index (κ3) is 3.43. The van der Waals surface area contributed by atoms with Gasteiger partial charge in [0, 0.05) is 23.0 Å². The topological polar surface area (TPSA) is 68.1 Å². The number of methoxy groups -OCH3 is 1. The minimum absolute atomic E-state index is 0.323. The molecule has 0 aliphatic heterocycles. The number of ether oxygens (including phenoxy) is 1. The molecule has 2 atom stereocenters. The van der Waals surface area contributed by atoms with Gasteiger partial charge in [0.25, 0.3) is 0 Å². The molecule has 0 amide bonds. The van der Waals surface area contributed by atoms with E-state index in [9.17, 15) is 4.79 Å². The summed E-state index contributed by atoms with van der Waals surface area (Å²) < 4.78 is 5.22. The minimum Gasteiger partial charge on any atom is -0.467 e. The zero-order valence-corrected chi connectivity index (χ0v) is 16.3. The predicted molar refractivity (Wildman–Crippen MR) is 116 cm³/mol. The molecule has 0 saturated heterocycles. The molecule has 4 nitrogen and oxygen atoms in total. The van der Waals surface area contributed by atoms with E-state index in [2.05, 4.69) is 23.2 Å². The number of carbonyl (C=O) groups is 1. The Morgan fingerprint density at radius 2 is 1.59 bits per heavy atom. The third-order valence-corrected chi connectivity index (χ3v) is 5.60. The highest BCUT2D eigenvalue weighted by atomic mass is 16.5. The normalized spacial score (nSPS) is 14.3. The van der Waals surface area contributed by atoms with Crippen molar-refractivity contribution in [2.24, 2.45) is 5.73 Å². The number of nitrogens with one attached hydrogen (secondary N) is 1. The highest BCUT2D eigenvalue weighted by Crippen LogP contribution is 2.41. The smallest absolute Gasteiger partial charge is 0.331 e. The highest BCUT2D eigenvalue weighted by Gasteiger charge is 2.46. The lowest BCUT2D eigenvalue weighted by molar-refractivity contribution is -0.148. The van der Waals surface area contributed by atoms with E-state index in [1.807, 2.05) is 72.9 Å². The Bertz CT molecular complexity index is 1110. The van der Waals surface area contributed by atoms with E-state index in [4.69, 9.17) is 10.5 Å². The second-order valence-electron chi connectivity index (χ2n) is 7.26. The molecule has 0 bridgehead atoms. The number of rotatable bonds is 6. The van der Waals surface area contributed by atoms with Gasteiger partial charge in [0.05, 0.1) is 7.11 Å². The lowest BCUT2D eigenvalue weighted by Crippen LogP contribution is -2.51. The molecule has 0 spiro atoms. The van der Waals surface area contributed by atoms with Crippen molar-refractivity contribution < 1.29 is 9.53 Å². The number of esters is 1. The quantitative estimate of drug-likeness (QED) is 0.480. The maximum absolute atomic E-state index is 13.1. The average Bonchev–Trinajstić information content (AvgIpc) is 3.21. The Labute approximate surface area is 170 Å². The van der Waals surface area contributed by atoms with Crippen molar-refractivity contribution >= 4 is 16.9 Å². The number of aromatic nitrogens is 1. The number of benzene rings is 3. The van der Waals surface area contributed by atoms with Crippen LogP contribution in [0.5, 0.6) is 0 Å². The van der Waals surface area contributed by atoms with Crippen molar-refractivity contribution in [3.63, 3.8) is 0 Å². The Balaban J connectivity index is 1.93. The van der Waals surface area contributed by atoms with Crippen LogP contribution in [0.25, 0.3) is 10.9 Å². The lowest BCUT2D eigenvalue weighted by Gasteiger charge is -2.35. The van der Waals surface area contributed by atoms with Gasteiger partial charge in [0.15, 0.2) is 0 Å². The fraction of sp³-hybridized carbons (Fsp3) is 0.160. The van der Waals surface area contributed by atoms with E-state index < -0.39 is 11.5 Å². The van der Waals surface area contributed by atoms with Crippen LogP contribution in [0.3, 0.4) is 0 Å². The number of para-hydroxylation sites is 1. The van der Waals surface area contributed by atoms with Gasteiger partial charge in [-0.3, -0.25) is 0 Å². The van der Waals surface area contributed by atoms with Crippen LogP contribution in [0, 0.1) is 0 Å². The molecule has 0 radical (unpaired) electrons. The highest BCUT2D eigenvalue weighted by molar-refractivity contribution is 5.88. The zero-order valence-electron chi connectivity index (χ0n) is 16.3. The monoisotopic (exact) mass is 384 g/mol. The molecule has 3 aromatic carbocycles. The summed E-state index contributed by atoms with van der Waals surface area (Å²) in [5.41, 5.74) is 9.48. The number of hydrogen-bond acceptors (Lipinski definition) is 3. The van der Waals surface area contributed by atoms with Crippen LogP contribution in [-0.2, 0) is 21.5 Å². The number of H-pyrrole nitrogens is 1. The largest absolute Gasteiger partial charge is 0.467 e. The Kier molecular flexibility index (Phi) is 5.19. The van der Waals surface area contributed by atoms with E-state index in [1.54, 1.807) is 0 Å². The first kappa shape index (κ1) is 19.0. The number of carbonyl (C=O) groups excluding carboxylic acids is 1. The van der Waals surface area contributed by atoms with Crippen LogP contribution in [0.2, 0.25) is 0 Å². The van der Waals surface area contributed by atoms with E-state index in [0.717, 1.165) is 27.6 Å². The molecular formula is C25H24N2O2. The fourth-order valence-electron chi connectivity index (χ4n) is 4.09. The van der Waals surface area contributed by atoms with E-state index in [0.29, 0.717) is 6.42 Å². The van der Waals surface area contributed by atoms with Gasteiger partial charge in [0.1, 0.15) is 5.54 Å². The van der Waals surface area contributed by atoms with Crippen LogP contribution in [0.15, 0.2) is 91.1 Å². The standard InChI is InChI=1S/C25H24N2O2/c1-29-24(28)25(26,19-12-6-3-7-13-19)22(16-18-10-4-2-5-11-18)21-17-27-23-15-9-8-14-20(21)23/h2-15,17,22,27H,16,26H2,1H3/t22?,25-/m0/s1. The second kappa shape index (κ2) is 7.94. The molecule has 29 heavy (non-hydrogen) atoms. The van der Waals surface area contributed by atoms with Gasteiger partial charge >= 0.3 is 5.97 Å². The third-order valence-electron chi connectivity index (χ3n) is 5.60. The first-order chi connectivity index (χ1) is 14.1. The molecule has 4 heteroatoms. The summed E-state index contributed by atoms with van der Waals surface area (Å²) in [6.07, 6.45) is 2.56. The molecule has 0 saturated carbocycles. The molecule has 0 aliphatic rings. The van der Waals surface area contributed by atoms with Crippen molar-refractivity contribution in [1.29, 1.82) is 0 Å². The molecule has 1 aromatic heterocycles. The SMILES string of the molecule is COC(=O)[C@](N)(c1ccccc1)C(Cc1ccccc1)c1c[nH]c2ccccc12. The number of nitrogens with two attached hydrogens (primary N) is 1. The zero-order chi connectivity index (χ0) is 20.3. The summed E-state index contributed by atoms with van der Waals surface area (Å²) in [7, 11) is 1.39. The number of fused-ring (bicyclic) bond motifs is 1. The molecule has 1 heterocycles. The Hall–Kier alpha value is -3.37. The molecular weight excluding hydrogens is 360 g/mol. The first-order valence-corrected chi connectivity index (χ1v) is 9.67. The van der Waals surface area contributed by atoms with Gasteiger partial charge in [-0.2, -0.15) is 0 Å². The summed E-state index contributed by atoms with van der Waals surface area (Å²) in [5, 5.41) is 1.06. The van der Waals surface area contributed by atoms with Crippen molar-refractivity contribution in [2.45, 2.75) is 17.9 Å². The van der Waals surface area contributed by atoms with Crippen molar-refractivity contribution in [2.75, 3.05) is 7.11 Å². The molecule has 146 valence electrons. The van der Waals surface area contributed by atoms with Gasteiger partial charge in [-0.05, 0) is 29.2 Å². The van der Waals surface area contributed by atoms with Gasteiger partial charge < -0.3 is 15.5 Å². The number of aromatic amines is 1. The van der Waals surface area contributed by atoms with Gasteiger partial charge in [-0.1, -0.05) is 78.9 Å². The van der Waals surface area contributed by atoms with E-state index in [1.165, 1.54) is 7.11 Å². The van der Waals surface area contributed by atoms with Crippen LogP contribution >= 0.6 is 0 Å². The maximum Gasteiger partial charge on any atom is 0.331 e. The summed E-state index contributed by atoms with van der Waals surface area (Å²) in [6, 6.07) is 27.7. The summed E-state index contributed by atoms with van der Waals surface area (Å²) in [6.45, 7) is 0. The van der Waals surface area contributed by atoms with Crippen LogP contribution < -0.4 is 5.73 Å².